The van der Waals surface area contributed by atoms with E-state index in [9.17, 15) is 4.79 Å². The number of nitrogens with two attached hydrogens (primary N) is 1. The Kier molecular flexibility index (Phi) is 25.2. The molecule has 0 radical (unpaired) electrons. The van der Waals surface area contributed by atoms with E-state index < -0.39 is 0 Å². The van der Waals surface area contributed by atoms with Gasteiger partial charge in [-0.3, -0.25) is 19.9 Å². The fourth-order valence-electron chi connectivity index (χ4n) is 2.45. The molecule has 146 valence electrons. The minimum atomic E-state index is 0.00463. The van der Waals surface area contributed by atoms with Gasteiger partial charge >= 0.3 is 0 Å². The van der Waals surface area contributed by atoms with E-state index >= 15 is 0 Å². The fraction of sp³-hybridized carbons (Fsp3) is 0.889. The molecule has 0 aromatic rings. The Bertz CT molecular complexity index is 264. The number of likely N-dealkylation sites (tertiary alicyclic amines) is 1. The lowest BCUT2D eigenvalue weighted by molar-refractivity contribution is -0.118. The van der Waals surface area contributed by atoms with Crippen molar-refractivity contribution < 1.29 is 9.59 Å². The zero-order chi connectivity index (χ0) is 19.4. The number of unbranched alkanes of at least 4 members (excludes halogenated alkanes) is 2. The highest BCUT2D eigenvalue weighted by molar-refractivity contribution is 5.72. The number of hydrogen-bond acceptors (Lipinski definition) is 4. The Morgan fingerprint density at radius 1 is 1.17 bits per heavy atom. The Morgan fingerprint density at radius 3 is 1.67 bits per heavy atom. The second-order valence-corrected chi connectivity index (χ2v) is 5.90. The molecule has 1 rings (SSSR count). The molecule has 0 aromatic heterocycles. The van der Waals surface area contributed by atoms with Gasteiger partial charge in [0.25, 0.3) is 0 Å². The smallest absolute Gasteiger partial charge is 0.221 e. The zero-order valence-corrected chi connectivity index (χ0v) is 17.0. The van der Waals surface area contributed by atoms with E-state index in [0.29, 0.717) is 6.41 Å². The van der Waals surface area contributed by atoms with E-state index in [0.717, 1.165) is 12.1 Å². The van der Waals surface area contributed by atoms with Crippen LogP contribution in [0.2, 0.25) is 0 Å². The SMILES string of the molecule is CCCCC.CCN1C(C)CCCC1C.CNC(C)=O.NNC=O. The van der Waals surface area contributed by atoms with Crippen LogP contribution in [0.1, 0.15) is 80.1 Å². The molecule has 0 saturated carbocycles. The van der Waals surface area contributed by atoms with Crippen molar-refractivity contribution in [3.63, 3.8) is 0 Å². The third-order valence-electron chi connectivity index (χ3n) is 3.87. The molecular formula is C18H42N4O2. The quantitative estimate of drug-likeness (QED) is 0.316. The van der Waals surface area contributed by atoms with Gasteiger partial charge in [0.15, 0.2) is 0 Å². The maximum absolute atomic E-state index is 9.70. The van der Waals surface area contributed by atoms with Crippen molar-refractivity contribution in [2.75, 3.05) is 13.6 Å². The summed E-state index contributed by atoms with van der Waals surface area (Å²) in [5.41, 5.74) is 1.75. The van der Waals surface area contributed by atoms with Gasteiger partial charge in [-0.15, -0.1) is 0 Å². The summed E-state index contributed by atoms with van der Waals surface area (Å²) in [6, 6.07) is 1.66. The molecule has 6 nitrogen and oxygen atoms in total. The Hall–Kier alpha value is -1.14. The first-order valence-corrected chi connectivity index (χ1v) is 9.19. The van der Waals surface area contributed by atoms with Crippen molar-refractivity contribution in [1.29, 1.82) is 0 Å². The van der Waals surface area contributed by atoms with E-state index in [1.807, 2.05) is 0 Å². The molecule has 24 heavy (non-hydrogen) atoms. The van der Waals surface area contributed by atoms with Crippen LogP contribution in [0.5, 0.6) is 0 Å². The first-order valence-electron chi connectivity index (χ1n) is 9.19. The fourth-order valence-corrected chi connectivity index (χ4v) is 2.45. The molecule has 0 bridgehead atoms. The monoisotopic (exact) mass is 346 g/mol. The standard InChI is InChI=1S/C9H19N.C5H12.C3H7NO.CH4N2O/c1-4-10-8(2)6-5-7-9(10)3;1-3-5-4-2;1-3(5)4-2;2-3-1-4/h8-9H,4-7H2,1-3H3;3-5H2,1-2H3;1-2H3,(H,4,5);1H,2H2,(H,3,4). The number of rotatable bonds is 4. The highest BCUT2D eigenvalue weighted by atomic mass is 16.1. The summed E-state index contributed by atoms with van der Waals surface area (Å²) in [4.78, 5) is 21.2. The van der Waals surface area contributed by atoms with Gasteiger partial charge in [-0.1, -0.05) is 46.5 Å². The first kappa shape index (κ1) is 27.7. The summed E-state index contributed by atoms with van der Waals surface area (Å²) in [7, 11) is 1.60. The molecule has 2 unspecified atom stereocenters. The van der Waals surface area contributed by atoms with E-state index in [-0.39, 0.29) is 5.91 Å². The summed E-state index contributed by atoms with van der Waals surface area (Å²) in [5.74, 6) is 4.41. The summed E-state index contributed by atoms with van der Waals surface area (Å²) in [6.07, 6.45) is 8.71. The predicted molar refractivity (Wildman–Crippen MR) is 103 cm³/mol. The Morgan fingerprint density at radius 2 is 1.54 bits per heavy atom. The second-order valence-electron chi connectivity index (χ2n) is 5.90. The molecule has 4 N–H and O–H groups in total. The van der Waals surface area contributed by atoms with Crippen LogP contribution in [0, 0.1) is 0 Å². The number of hydrazine groups is 1. The normalized spacial score (nSPS) is 19.2. The van der Waals surface area contributed by atoms with Crippen LogP contribution in [0.15, 0.2) is 0 Å². The third-order valence-corrected chi connectivity index (χ3v) is 3.87. The lowest BCUT2D eigenvalue weighted by Gasteiger charge is -2.38. The summed E-state index contributed by atoms with van der Waals surface area (Å²) in [5, 5.41) is 2.39. The molecular weight excluding hydrogens is 304 g/mol. The van der Waals surface area contributed by atoms with Crippen LogP contribution in [-0.2, 0) is 9.59 Å². The maximum atomic E-state index is 9.70. The molecule has 0 spiro atoms. The highest BCUT2D eigenvalue weighted by Gasteiger charge is 2.22. The van der Waals surface area contributed by atoms with Gasteiger partial charge in [0.2, 0.25) is 12.3 Å². The van der Waals surface area contributed by atoms with Crippen LogP contribution >= 0.6 is 0 Å². The summed E-state index contributed by atoms with van der Waals surface area (Å²) in [6.45, 7) is 14.1. The number of carbonyl (C=O) groups excluding carboxylic acids is 2. The van der Waals surface area contributed by atoms with Gasteiger partial charge in [0.05, 0.1) is 0 Å². The maximum Gasteiger partial charge on any atom is 0.221 e. The molecule has 2 amide bonds. The average Bonchev–Trinajstić information content (AvgIpc) is 2.57. The van der Waals surface area contributed by atoms with Crippen LogP contribution < -0.4 is 16.6 Å². The van der Waals surface area contributed by atoms with Crippen molar-refractivity contribution in [3.8, 4) is 0 Å². The first-order chi connectivity index (χ1) is 11.4. The number of amides is 2. The second kappa shape index (κ2) is 21.9. The topological polar surface area (TPSA) is 87.5 Å². The minimum Gasteiger partial charge on any atom is -0.359 e. The van der Waals surface area contributed by atoms with Crippen molar-refractivity contribution in [3.05, 3.63) is 0 Å². The number of nitrogens with zero attached hydrogens (tertiary/aromatic N) is 1. The van der Waals surface area contributed by atoms with Gasteiger partial charge in [0, 0.05) is 26.1 Å². The van der Waals surface area contributed by atoms with Gasteiger partial charge in [-0.2, -0.15) is 0 Å². The number of hydrogen-bond donors (Lipinski definition) is 3. The lowest BCUT2D eigenvalue weighted by atomic mass is 9.98. The Balaban J connectivity index is -0.000000270. The minimum absolute atomic E-state index is 0.00463. The van der Waals surface area contributed by atoms with Gasteiger partial charge in [0.1, 0.15) is 0 Å². The molecule has 0 aliphatic carbocycles. The summed E-state index contributed by atoms with van der Waals surface area (Å²) >= 11 is 0. The molecule has 6 heteroatoms. The van der Waals surface area contributed by atoms with E-state index in [1.54, 1.807) is 12.5 Å². The van der Waals surface area contributed by atoms with E-state index in [2.05, 4.69) is 50.7 Å². The molecule has 1 aliphatic rings. The lowest BCUT2D eigenvalue weighted by Crippen LogP contribution is -2.43. The van der Waals surface area contributed by atoms with Gasteiger partial charge < -0.3 is 5.32 Å². The van der Waals surface area contributed by atoms with Crippen LogP contribution in [0.4, 0.5) is 0 Å². The number of nitrogens with one attached hydrogen (secondary N) is 2. The van der Waals surface area contributed by atoms with Crippen molar-refractivity contribution >= 4 is 12.3 Å². The van der Waals surface area contributed by atoms with E-state index in [1.165, 1.54) is 52.0 Å². The largest absolute Gasteiger partial charge is 0.359 e. The van der Waals surface area contributed by atoms with Crippen molar-refractivity contribution in [2.45, 2.75) is 92.2 Å². The zero-order valence-electron chi connectivity index (χ0n) is 17.0. The summed E-state index contributed by atoms with van der Waals surface area (Å²) < 4.78 is 0. The van der Waals surface area contributed by atoms with E-state index in [4.69, 9.17) is 4.79 Å². The molecule has 1 fully saturated rings. The Labute approximate surface area is 149 Å². The highest BCUT2D eigenvalue weighted by Crippen LogP contribution is 2.21. The van der Waals surface area contributed by atoms with Crippen LogP contribution in [0.25, 0.3) is 0 Å². The molecule has 1 saturated heterocycles. The van der Waals surface area contributed by atoms with Crippen molar-refractivity contribution in [1.82, 2.24) is 15.6 Å². The van der Waals surface area contributed by atoms with Crippen molar-refractivity contribution in [2.24, 2.45) is 5.84 Å². The van der Waals surface area contributed by atoms with Gasteiger partial charge in [-0.05, 0) is 33.2 Å². The predicted octanol–water partition coefficient (Wildman–Crippen LogP) is 2.82. The molecule has 0 aromatic carbocycles. The average molecular weight is 347 g/mol. The molecule has 1 aliphatic heterocycles. The third kappa shape index (κ3) is 20.9. The number of carbonyl (C=O) groups is 2. The molecule has 2 atom stereocenters. The molecule has 1 heterocycles. The van der Waals surface area contributed by atoms with Crippen LogP contribution in [0.3, 0.4) is 0 Å². The van der Waals surface area contributed by atoms with Gasteiger partial charge in [-0.25, -0.2) is 5.84 Å². The van der Waals surface area contributed by atoms with Crippen LogP contribution in [-0.4, -0.2) is 42.9 Å². The number of piperidine rings is 1.